The molecule has 1 aromatic carbocycles. The molecule has 0 atom stereocenters. The van der Waals surface area contributed by atoms with Gasteiger partial charge in [-0.15, -0.1) is 0 Å². The highest BCUT2D eigenvalue weighted by atomic mass is 19.1. The van der Waals surface area contributed by atoms with E-state index in [9.17, 15) is 8.78 Å². The summed E-state index contributed by atoms with van der Waals surface area (Å²) in [7, 11) is 0. The second-order valence-electron chi connectivity index (χ2n) is 5.10. The Bertz CT molecular complexity index is 369. The Hall–Kier alpha value is -1.16. The summed E-state index contributed by atoms with van der Waals surface area (Å²) in [5.74, 6) is -0.960. The lowest BCUT2D eigenvalue weighted by Gasteiger charge is -2.16. The van der Waals surface area contributed by atoms with E-state index in [2.05, 4.69) is 5.32 Å². The minimum atomic E-state index is -0.605. The topological polar surface area (TPSA) is 21.3 Å². The molecule has 0 aliphatic heterocycles. The smallest absolute Gasteiger partial charge is 0.129 e. The summed E-state index contributed by atoms with van der Waals surface area (Å²) in [4.78, 5) is 0. The highest BCUT2D eigenvalue weighted by molar-refractivity contribution is 5.23. The number of hydrogen-bond acceptors (Lipinski definition) is 2. The maximum absolute atomic E-state index is 12.9. The van der Waals surface area contributed by atoms with Gasteiger partial charge in [0.2, 0.25) is 0 Å². The zero-order chi connectivity index (χ0) is 13.5. The van der Waals surface area contributed by atoms with Gasteiger partial charge in [0.1, 0.15) is 24.0 Å². The molecule has 1 N–H and O–H groups in total. The van der Waals surface area contributed by atoms with Crippen LogP contribution in [0.15, 0.2) is 18.2 Å². The monoisotopic (exact) mass is 269 g/mol. The molecule has 2 rings (SSSR count). The summed E-state index contributed by atoms with van der Waals surface area (Å²) >= 11 is 0. The first-order valence-electron chi connectivity index (χ1n) is 7.06. The van der Waals surface area contributed by atoms with E-state index >= 15 is 0 Å². The van der Waals surface area contributed by atoms with Gasteiger partial charge in [0.15, 0.2) is 0 Å². The standard InChI is InChI=1S/C15H21F2NO/c16-12-9-13(17)11-15(10-12)19-8-7-18-14-5-3-1-2-4-6-14/h9-11,14,18H,1-8H2. The molecule has 1 aromatic rings. The maximum atomic E-state index is 12.9. The minimum absolute atomic E-state index is 0.250. The number of benzene rings is 1. The Kier molecular flexibility index (Phi) is 5.58. The molecule has 1 saturated carbocycles. The summed E-state index contributed by atoms with van der Waals surface area (Å²) in [6, 6.07) is 3.82. The first-order valence-corrected chi connectivity index (χ1v) is 7.06. The van der Waals surface area contributed by atoms with Gasteiger partial charge in [0, 0.05) is 30.8 Å². The molecule has 19 heavy (non-hydrogen) atoms. The summed E-state index contributed by atoms with van der Waals surface area (Å²) < 4.78 is 31.2. The molecule has 1 aliphatic rings. The van der Waals surface area contributed by atoms with E-state index in [0.29, 0.717) is 19.2 Å². The average Bonchev–Trinajstić information content (AvgIpc) is 2.62. The van der Waals surface area contributed by atoms with E-state index in [1.807, 2.05) is 0 Å². The zero-order valence-corrected chi connectivity index (χ0v) is 11.1. The fourth-order valence-electron chi connectivity index (χ4n) is 2.53. The van der Waals surface area contributed by atoms with Gasteiger partial charge in [0.05, 0.1) is 0 Å². The molecule has 0 radical (unpaired) electrons. The largest absolute Gasteiger partial charge is 0.492 e. The number of ether oxygens (including phenoxy) is 1. The van der Waals surface area contributed by atoms with Gasteiger partial charge in [-0.05, 0) is 12.8 Å². The molecule has 0 heterocycles. The summed E-state index contributed by atoms with van der Waals surface area (Å²) in [6.45, 7) is 1.14. The maximum Gasteiger partial charge on any atom is 0.129 e. The molecular weight excluding hydrogens is 248 g/mol. The average molecular weight is 269 g/mol. The Morgan fingerprint density at radius 1 is 1.00 bits per heavy atom. The summed E-state index contributed by atoms with van der Waals surface area (Å²) in [6.07, 6.45) is 7.67. The van der Waals surface area contributed by atoms with Crippen molar-refractivity contribution in [1.82, 2.24) is 5.32 Å². The van der Waals surface area contributed by atoms with Crippen molar-refractivity contribution in [1.29, 1.82) is 0 Å². The molecule has 2 nitrogen and oxygen atoms in total. The van der Waals surface area contributed by atoms with Crippen LogP contribution >= 0.6 is 0 Å². The molecule has 1 fully saturated rings. The molecule has 0 spiro atoms. The lowest BCUT2D eigenvalue weighted by Crippen LogP contribution is -2.32. The van der Waals surface area contributed by atoms with Gasteiger partial charge in [-0.3, -0.25) is 0 Å². The fourth-order valence-corrected chi connectivity index (χ4v) is 2.53. The van der Waals surface area contributed by atoms with Crippen LogP contribution in [0.5, 0.6) is 5.75 Å². The molecule has 0 aromatic heterocycles. The van der Waals surface area contributed by atoms with Crippen LogP contribution < -0.4 is 10.1 Å². The van der Waals surface area contributed by atoms with Crippen LogP contribution in [-0.2, 0) is 0 Å². The van der Waals surface area contributed by atoms with Crippen LogP contribution in [0.2, 0.25) is 0 Å². The number of hydrogen-bond donors (Lipinski definition) is 1. The van der Waals surface area contributed by atoms with Crippen molar-refractivity contribution in [3.05, 3.63) is 29.8 Å². The fraction of sp³-hybridized carbons (Fsp3) is 0.600. The van der Waals surface area contributed by atoms with Crippen LogP contribution in [0.3, 0.4) is 0 Å². The Labute approximate surface area is 113 Å². The predicted octanol–water partition coefficient (Wildman–Crippen LogP) is 3.66. The number of nitrogens with one attached hydrogen (secondary N) is 1. The van der Waals surface area contributed by atoms with Crippen molar-refractivity contribution >= 4 is 0 Å². The van der Waals surface area contributed by atoms with Crippen molar-refractivity contribution < 1.29 is 13.5 Å². The molecule has 0 bridgehead atoms. The van der Waals surface area contributed by atoms with Gasteiger partial charge < -0.3 is 10.1 Å². The third-order valence-corrected chi connectivity index (χ3v) is 3.50. The van der Waals surface area contributed by atoms with Gasteiger partial charge >= 0.3 is 0 Å². The van der Waals surface area contributed by atoms with Crippen LogP contribution in [0, 0.1) is 11.6 Å². The Morgan fingerprint density at radius 3 is 2.26 bits per heavy atom. The van der Waals surface area contributed by atoms with E-state index in [0.717, 1.165) is 6.07 Å². The van der Waals surface area contributed by atoms with Gasteiger partial charge in [-0.2, -0.15) is 0 Å². The second kappa shape index (κ2) is 7.43. The van der Waals surface area contributed by atoms with Gasteiger partial charge in [-0.1, -0.05) is 25.7 Å². The van der Waals surface area contributed by atoms with Gasteiger partial charge in [-0.25, -0.2) is 8.78 Å². The molecular formula is C15H21F2NO. The second-order valence-corrected chi connectivity index (χ2v) is 5.10. The number of halogens is 2. The van der Waals surface area contributed by atoms with Crippen molar-refractivity contribution in [3.8, 4) is 5.75 Å². The van der Waals surface area contributed by atoms with Crippen molar-refractivity contribution in [2.45, 2.75) is 44.6 Å². The first-order chi connectivity index (χ1) is 9.24. The van der Waals surface area contributed by atoms with Crippen LogP contribution in [-0.4, -0.2) is 19.2 Å². The minimum Gasteiger partial charge on any atom is -0.492 e. The van der Waals surface area contributed by atoms with Crippen molar-refractivity contribution in [2.75, 3.05) is 13.2 Å². The molecule has 0 unspecified atom stereocenters. The quantitative estimate of drug-likeness (QED) is 0.650. The highest BCUT2D eigenvalue weighted by Crippen LogP contribution is 2.17. The highest BCUT2D eigenvalue weighted by Gasteiger charge is 2.10. The first kappa shape index (κ1) is 14.3. The molecule has 4 heteroatoms. The Balaban J connectivity index is 1.68. The molecule has 1 aliphatic carbocycles. The Morgan fingerprint density at radius 2 is 1.63 bits per heavy atom. The molecule has 0 saturated heterocycles. The lowest BCUT2D eigenvalue weighted by atomic mass is 10.1. The molecule has 106 valence electrons. The normalized spacial score (nSPS) is 17.2. The predicted molar refractivity (Wildman–Crippen MR) is 71.3 cm³/mol. The zero-order valence-electron chi connectivity index (χ0n) is 11.1. The third kappa shape index (κ3) is 5.15. The van der Waals surface area contributed by atoms with E-state index in [4.69, 9.17) is 4.74 Å². The van der Waals surface area contributed by atoms with Crippen molar-refractivity contribution in [2.24, 2.45) is 0 Å². The molecule has 0 amide bonds. The van der Waals surface area contributed by atoms with E-state index < -0.39 is 11.6 Å². The third-order valence-electron chi connectivity index (χ3n) is 3.50. The van der Waals surface area contributed by atoms with Crippen LogP contribution in [0.25, 0.3) is 0 Å². The summed E-state index contributed by atoms with van der Waals surface area (Å²) in [5, 5.41) is 3.45. The van der Waals surface area contributed by atoms with E-state index in [1.165, 1.54) is 50.7 Å². The van der Waals surface area contributed by atoms with Gasteiger partial charge in [0.25, 0.3) is 0 Å². The lowest BCUT2D eigenvalue weighted by molar-refractivity contribution is 0.297. The summed E-state index contributed by atoms with van der Waals surface area (Å²) in [5.41, 5.74) is 0. The van der Waals surface area contributed by atoms with E-state index in [-0.39, 0.29) is 5.75 Å². The van der Waals surface area contributed by atoms with E-state index in [1.54, 1.807) is 0 Å². The van der Waals surface area contributed by atoms with Crippen LogP contribution in [0.1, 0.15) is 38.5 Å². The van der Waals surface area contributed by atoms with Crippen molar-refractivity contribution in [3.63, 3.8) is 0 Å². The SMILES string of the molecule is Fc1cc(F)cc(OCCNC2CCCCCC2)c1. The van der Waals surface area contributed by atoms with Crippen LogP contribution in [0.4, 0.5) is 8.78 Å². The number of rotatable bonds is 5.